The summed E-state index contributed by atoms with van der Waals surface area (Å²) >= 11 is 13.1. The normalized spacial score (nSPS) is 16.1. The van der Waals surface area contributed by atoms with Crippen LogP contribution in [-0.4, -0.2) is 48.4 Å². The maximum atomic E-state index is 6.57. The van der Waals surface area contributed by atoms with Crippen molar-refractivity contribution in [1.29, 1.82) is 0 Å². The van der Waals surface area contributed by atoms with Crippen molar-refractivity contribution >= 4 is 45.7 Å². The average Bonchev–Trinajstić information content (AvgIpc) is 3.26. The summed E-state index contributed by atoms with van der Waals surface area (Å²) in [5, 5.41) is 4.67. The molecule has 158 valence electrons. The molecule has 2 aromatic heterocycles. The van der Waals surface area contributed by atoms with E-state index < -0.39 is 0 Å². The number of nitrogen functional groups attached to an aromatic ring is 1. The van der Waals surface area contributed by atoms with E-state index in [1.165, 1.54) is 14.2 Å². The topological polar surface area (TPSA) is 104 Å². The fraction of sp³-hybridized carbons (Fsp3) is 0.350. The second kappa shape index (κ2) is 8.67. The highest BCUT2D eigenvalue weighted by molar-refractivity contribution is 6.41. The minimum atomic E-state index is 0.127. The molecule has 1 atom stereocenters. The number of rotatable bonds is 6. The van der Waals surface area contributed by atoms with Gasteiger partial charge in [0.05, 0.1) is 47.6 Å². The Kier molecular flexibility index (Phi) is 5.99. The monoisotopic (exact) mass is 449 g/mol. The molecule has 8 nitrogen and oxygen atoms in total. The van der Waals surface area contributed by atoms with E-state index in [1.807, 2.05) is 0 Å². The van der Waals surface area contributed by atoms with Crippen molar-refractivity contribution in [3.05, 3.63) is 28.4 Å². The molecule has 3 N–H and O–H groups in total. The van der Waals surface area contributed by atoms with E-state index in [1.54, 1.807) is 18.3 Å². The third kappa shape index (κ3) is 3.90. The smallest absolute Gasteiger partial charge is 0.165 e. The van der Waals surface area contributed by atoms with Gasteiger partial charge in [-0.15, -0.1) is 0 Å². The number of methoxy groups -OCH3 is 2. The summed E-state index contributed by atoms with van der Waals surface area (Å²) in [6, 6.07) is 3.35. The van der Waals surface area contributed by atoms with Gasteiger partial charge in [0, 0.05) is 24.6 Å². The second-order valence-electron chi connectivity index (χ2n) is 6.82. The minimum absolute atomic E-state index is 0.127. The molecule has 30 heavy (non-hydrogen) atoms. The zero-order chi connectivity index (χ0) is 21.3. The number of halogens is 2. The number of fused-ring (bicyclic) bond motifs is 1. The lowest BCUT2D eigenvalue weighted by Crippen LogP contribution is -2.19. The van der Waals surface area contributed by atoms with Gasteiger partial charge in [0.25, 0.3) is 0 Å². The van der Waals surface area contributed by atoms with Crippen LogP contribution >= 0.6 is 23.2 Å². The molecule has 1 unspecified atom stereocenters. The van der Waals surface area contributed by atoms with Gasteiger partial charge in [-0.3, -0.25) is 0 Å². The molecule has 3 heterocycles. The number of nitrogens with one attached hydrogen (secondary N) is 1. The fourth-order valence-corrected chi connectivity index (χ4v) is 4.06. The molecule has 1 aromatic carbocycles. The van der Waals surface area contributed by atoms with E-state index in [0.717, 1.165) is 24.8 Å². The maximum absolute atomic E-state index is 6.57. The van der Waals surface area contributed by atoms with Crippen LogP contribution in [0, 0.1) is 0 Å². The summed E-state index contributed by atoms with van der Waals surface area (Å²) in [6.45, 7) is 1.38. The molecular formula is C20H21Cl2N5O3. The fourth-order valence-electron chi connectivity index (χ4n) is 3.39. The van der Waals surface area contributed by atoms with Crippen LogP contribution in [-0.2, 0) is 4.74 Å². The molecule has 1 aliphatic rings. The van der Waals surface area contributed by atoms with E-state index in [4.69, 9.17) is 48.1 Å². The summed E-state index contributed by atoms with van der Waals surface area (Å²) in [7, 11) is 3.03. The first-order valence-electron chi connectivity index (χ1n) is 9.41. The van der Waals surface area contributed by atoms with Crippen molar-refractivity contribution in [1.82, 2.24) is 15.0 Å². The van der Waals surface area contributed by atoms with Crippen LogP contribution < -0.4 is 20.5 Å². The first kappa shape index (κ1) is 20.7. The van der Waals surface area contributed by atoms with Crippen molar-refractivity contribution < 1.29 is 14.2 Å². The lowest BCUT2D eigenvalue weighted by atomic mass is 10.1. The van der Waals surface area contributed by atoms with Crippen LogP contribution in [0.15, 0.2) is 18.3 Å². The number of benzene rings is 1. The second-order valence-corrected chi connectivity index (χ2v) is 7.58. The molecule has 3 aromatic rings. The molecule has 0 amide bonds. The van der Waals surface area contributed by atoms with E-state index in [9.17, 15) is 0 Å². The van der Waals surface area contributed by atoms with Gasteiger partial charge in [-0.05, 0) is 18.9 Å². The highest BCUT2D eigenvalue weighted by atomic mass is 35.5. The molecule has 4 rings (SSSR count). The standard InChI is InChI=1S/C20H21Cl2N5O3/c1-28-13-7-14(29-2)18(22)16(17(13)21)20-26-12-9-24-15(23)6-11(12)19(27-20)25-8-10-4-3-5-30-10/h6-7,9-10H,3-5,8H2,1-2H3,(H2,23,24)(H,25,26,27). The van der Waals surface area contributed by atoms with Crippen molar-refractivity contribution in [2.75, 3.05) is 38.4 Å². The quantitative estimate of drug-likeness (QED) is 0.576. The van der Waals surface area contributed by atoms with Crippen LogP contribution in [0.2, 0.25) is 10.0 Å². The molecule has 1 saturated heterocycles. The summed E-state index contributed by atoms with van der Waals surface area (Å²) in [4.78, 5) is 13.5. The van der Waals surface area contributed by atoms with Gasteiger partial charge in [-0.1, -0.05) is 23.2 Å². The number of nitrogens with zero attached hydrogens (tertiary/aromatic N) is 3. The Morgan fingerprint density at radius 1 is 1.17 bits per heavy atom. The van der Waals surface area contributed by atoms with Crippen LogP contribution in [0.1, 0.15) is 12.8 Å². The summed E-state index contributed by atoms with van der Waals surface area (Å²) in [5.74, 6) is 2.09. The Hall–Kier alpha value is -2.55. The van der Waals surface area contributed by atoms with Crippen molar-refractivity contribution in [2.24, 2.45) is 0 Å². The number of pyridine rings is 1. The van der Waals surface area contributed by atoms with E-state index >= 15 is 0 Å². The average molecular weight is 450 g/mol. The first-order valence-corrected chi connectivity index (χ1v) is 10.2. The largest absolute Gasteiger partial charge is 0.495 e. The van der Waals surface area contributed by atoms with Crippen molar-refractivity contribution in [2.45, 2.75) is 18.9 Å². The van der Waals surface area contributed by atoms with Gasteiger partial charge in [0.1, 0.15) is 23.1 Å². The maximum Gasteiger partial charge on any atom is 0.165 e. The van der Waals surface area contributed by atoms with Gasteiger partial charge >= 0.3 is 0 Å². The molecule has 0 saturated carbocycles. The predicted octanol–water partition coefficient (Wildman–Crippen LogP) is 4.19. The molecule has 0 aliphatic carbocycles. The third-order valence-electron chi connectivity index (χ3n) is 4.92. The Labute approximate surface area is 183 Å². The number of anilines is 2. The van der Waals surface area contributed by atoms with Gasteiger partial charge in [-0.25, -0.2) is 15.0 Å². The van der Waals surface area contributed by atoms with Crippen LogP contribution in [0.4, 0.5) is 11.6 Å². The van der Waals surface area contributed by atoms with Crippen LogP contribution in [0.3, 0.4) is 0 Å². The Morgan fingerprint density at radius 2 is 1.90 bits per heavy atom. The molecule has 1 fully saturated rings. The molecule has 0 spiro atoms. The van der Waals surface area contributed by atoms with Gasteiger partial charge in [0.2, 0.25) is 0 Å². The zero-order valence-electron chi connectivity index (χ0n) is 16.5. The number of hydrogen-bond acceptors (Lipinski definition) is 8. The third-order valence-corrected chi connectivity index (χ3v) is 5.67. The highest BCUT2D eigenvalue weighted by Gasteiger charge is 2.23. The van der Waals surface area contributed by atoms with Gasteiger partial charge in [-0.2, -0.15) is 0 Å². The SMILES string of the molecule is COc1cc(OC)c(Cl)c(-c2nc(NCC3CCCO3)c3cc(N)ncc3n2)c1Cl. The molecule has 10 heteroatoms. The minimum Gasteiger partial charge on any atom is -0.495 e. The lowest BCUT2D eigenvalue weighted by molar-refractivity contribution is 0.120. The number of aromatic nitrogens is 3. The predicted molar refractivity (Wildman–Crippen MR) is 118 cm³/mol. The molecule has 0 radical (unpaired) electrons. The van der Waals surface area contributed by atoms with E-state index in [0.29, 0.717) is 46.6 Å². The lowest BCUT2D eigenvalue weighted by Gasteiger charge is -2.17. The summed E-state index contributed by atoms with van der Waals surface area (Å²) in [5.41, 5.74) is 6.90. The Morgan fingerprint density at radius 3 is 2.53 bits per heavy atom. The zero-order valence-corrected chi connectivity index (χ0v) is 18.0. The van der Waals surface area contributed by atoms with Crippen LogP contribution in [0.25, 0.3) is 22.3 Å². The summed E-state index contributed by atoms with van der Waals surface area (Å²) in [6.07, 6.45) is 3.76. The summed E-state index contributed by atoms with van der Waals surface area (Å²) < 4.78 is 16.4. The van der Waals surface area contributed by atoms with Crippen LogP contribution in [0.5, 0.6) is 11.5 Å². The Balaban J connectivity index is 1.86. The van der Waals surface area contributed by atoms with Gasteiger partial charge in [0.15, 0.2) is 5.82 Å². The van der Waals surface area contributed by atoms with E-state index in [2.05, 4.69) is 15.3 Å². The Bertz CT molecular complexity index is 1060. The number of ether oxygens (including phenoxy) is 3. The first-order chi connectivity index (χ1) is 14.5. The molecule has 1 aliphatic heterocycles. The number of hydrogen-bond donors (Lipinski definition) is 2. The molecular weight excluding hydrogens is 429 g/mol. The molecule has 0 bridgehead atoms. The van der Waals surface area contributed by atoms with E-state index in [-0.39, 0.29) is 16.1 Å². The van der Waals surface area contributed by atoms with Crippen molar-refractivity contribution in [3.8, 4) is 22.9 Å². The number of nitrogens with two attached hydrogens (primary N) is 1. The van der Waals surface area contributed by atoms with Crippen molar-refractivity contribution in [3.63, 3.8) is 0 Å². The highest BCUT2D eigenvalue weighted by Crippen LogP contribution is 2.45. The van der Waals surface area contributed by atoms with Gasteiger partial charge < -0.3 is 25.3 Å².